The van der Waals surface area contributed by atoms with Crippen molar-refractivity contribution in [2.45, 2.75) is 71.4 Å². The summed E-state index contributed by atoms with van der Waals surface area (Å²) in [4.78, 5) is 2.71. The van der Waals surface area contributed by atoms with E-state index in [-0.39, 0.29) is 0 Å². The van der Waals surface area contributed by atoms with Gasteiger partial charge in [0.15, 0.2) is 0 Å². The maximum Gasteiger partial charge on any atom is 0.0119 e. The van der Waals surface area contributed by atoms with Crippen LogP contribution in [0.5, 0.6) is 0 Å². The number of hydrogen-bond donors (Lipinski definition) is 1. The fourth-order valence-corrected chi connectivity index (χ4v) is 3.86. The van der Waals surface area contributed by atoms with Crippen molar-refractivity contribution in [3.63, 3.8) is 0 Å². The number of hydrogen-bond acceptors (Lipinski definition) is 2. The van der Waals surface area contributed by atoms with Gasteiger partial charge >= 0.3 is 0 Å². The maximum atomic E-state index is 3.47. The summed E-state index contributed by atoms with van der Waals surface area (Å²) in [7, 11) is 2.37. The molecule has 106 valence electrons. The fourth-order valence-electron chi connectivity index (χ4n) is 3.86. The van der Waals surface area contributed by atoms with Gasteiger partial charge in [0, 0.05) is 12.1 Å². The highest BCUT2D eigenvalue weighted by Gasteiger charge is 2.32. The van der Waals surface area contributed by atoms with Gasteiger partial charge in [0.1, 0.15) is 0 Å². The highest BCUT2D eigenvalue weighted by molar-refractivity contribution is 4.87. The molecule has 2 aliphatic rings. The number of nitrogens with zero attached hydrogens (tertiary/aromatic N) is 1. The van der Waals surface area contributed by atoms with Crippen molar-refractivity contribution in [3.05, 3.63) is 0 Å². The molecule has 0 amide bonds. The smallest absolute Gasteiger partial charge is 0.0119 e. The molecule has 1 N–H and O–H groups in total. The standard InChI is InChI=1S/C16H32N2/c1-16(2,3)13-5-7-14(8-6-13)18(4)15-9-11-17-12-10-15/h13-15,17H,5-12H2,1-4H3. The van der Waals surface area contributed by atoms with Gasteiger partial charge in [-0.1, -0.05) is 20.8 Å². The lowest BCUT2D eigenvalue weighted by Crippen LogP contribution is -2.47. The van der Waals surface area contributed by atoms with Crippen LogP contribution in [0.1, 0.15) is 59.3 Å². The normalized spacial score (nSPS) is 31.8. The van der Waals surface area contributed by atoms with E-state index in [0.717, 1.165) is 18.0 Å². The largest absolute Gasteiger partial charge is 0.317 e. The Morgan fingerprint density at radius 1 is 0.833 bits per heavy atom. The summed E-state index contributed by atoms with van der Waals surface area (Å²) < 4.78 is 0. The van der Waals surface area contributed by atoms with Gasteiger partial charge in [-0.05, 0) is 70.0 Å². The Morgan fingerprint density at radius 2 is 1.33 bits per heavy atom. The summed E-state index contributed by atoms with van der Waals surface area (Å²) in [6, 6.07) is 1.69. The Balaban J connectivity index is 1.81. The molecule has 0 aromatic rings. The molecular weight excluding hydrogens is 220 g/mol. The molecule has 1 aliphatic carbocycles. The van der Waals surface area contributed by atoms with E-state index in [1.807, 2.05) is 0 Å². The van der Waals surface area contributed by atoms with Gasteiger partial charge < -0.3 is 10.2 Å². The summed E-state index contributed by atoms with van der Waals surface area (Å²) in [6.45, 7) is 9.66. The van der Waals surface area contributed by atoms with Crippen molar-refractivity contribution >= 4 is 0 Å². The zero-order valence-electron chi connectivity index (χ0n) is 12.8. The van der Waals surface area contributed by atoms with Gasteiger partial charge in [-0.2, -0.15) is 0 Å². The van der Waals surface area contributed by atoms with E-state index in [9.17, 15) is 0 Å². The molecule has 0 radical (unpaired) electrons. The second kappa shape index (κ2) is 5.92. The van der Waals surface area contributed by atoms with Crippen molar-refractivity contribution in [1.29, 1.82) is 0 Å². The molecule has 2 heteroatoms. The van der Waals surface area contributed by atoms with Crippen LogP contribution in [0.2, 0.25) is 0 Å². The van der Waals surface area contributed by atoms with E-state index < -0.39 is 0 Å². The minimum absolute atomic E-state index is 0.512. The molecule has 0 bridgehead atoms. The molecule has 2 rings (SSSR count). The lowest BCUT2D eigenvalue weighted by molar-refractivity contribution is 0.0749. The first kappa shape index (κ1) is 14.3. The summed E-state index contributed by atoms with van der Waals surface area (Å²) >= 11 is 0. The van der Waals surface area contributed by atoms with Crippen LogP contribution >= 0.6 is 0 Å². The second-order valence-corrected chi connectivity index (χ2v) is 7.52. The van der Waals surface area contributed by atoms with E-state index in [1.54, 1.807) is 0 Å². The molecule has 2 fully saturated rings. The highest BCUT2D eigenvalue weighted by atomic mass is 15.2. The Kier molecular flexibility index (Phi) is 4.71. The van der Waals surface area contributed by atoms with E-state index in [0.29, 0.717) is 5.41 Å². The molecule has 0 aromatic carbocycles. The predicted molar refractivity (Wildman–Crippen MR) is 78.9 cm³/mol. The second-order valence-electron chi connectivity index (χ2n) is 7.52. The maximum absolute atomic E-state index is 3.47. The molecule has 1 heterocycles. The molecule has 0 spiro atoms. The molecule has 2 nitrogen and oxygen atoms in total. The first-order valence-electron chi connectivity index (χ1n) is 7.91. The third-order valence-corrected chi connectivity index (χ3v) is 5.38. The van der Waals surface area contributed by atoms with Crippen LogP contribution in [0.25, 0.3) is 0 Å². The van der Waals surface area contributed by atoms with E-state index in [1.165, 1.54) is 51.6 Å². The fraction of sp³-hybridized carbons (Fsp3) is 1.00. The van der Waals surface area contributed by atoms with E-state index in [2.05, 4.69) is 38.0 Å². The van der Waals surface area contributed by atoms with Gasteiger partial charge in [0.25, 0.3) is 0 Å². The van der Waals surface area contributed by atoms with Crippen LogP contribution in [0.4, 0.5) is 0 Å². The molecule has 0 atom stereocenters. The molecule has 1 saturated carbocycles. The van der Waals surface area contributed by atoms with Crippen LogP contribution in [0, 0.1) is 11.3 Å². The molecule has 0 aromatic heterocycles. The van der Waals surface area contributed by atoms with Crippen molar-refractivity contribution < 1.29 is 0 Å². The summed E-state index contributed by atoms with van der Waals surface area (Å²) in [5.41, 5.74) is 0.512. The van der Waals surface area contributed by atoms with Crippen LogP contribution in [-0.4, -0.2) is 37.1 Å². The Bertz CT molecular complexity index is 242. The Labute approximate surface area is 114 Å². The molecular formula is C16H32N2. The predicted octanol–water partition coefficient (Wildman–Crippen LogP) is 3.28. The Morgan fingerprint density at radius 3 is 1.83 bits per heavy atom. The topological polar surface area (TPSA) is 15.3 Å². The zero-order valence-corrected chi connectivity index (χ0v) is 12.8. The van der Waals surface area contributed by atoms with E-state index >= 15 is 0 Å². The third kappa shape index (κ3) is 3.48. The average Bonchev–Trinajstić information content (AvgIpc) is 2.38. The molecule has 1 aliphatic heterocycles. The van der Waals surface area contributed by atoms with Gasteiger partial charge in [0.05, 0.1) is 0 Å². The lowest BCUT2D eigenvalue weighted by atomic mass is 9.71. The summed E-state index contributed by atoms with van der Waals surface area (Å²) in [5.74, 6) is 0.940. The van der Waals surface area contributed by atoms with Crippen molar-refractivity contribution in [1.82, 2.24) is 10.2 Å². The number of piperidine rings is 1. The third-order valence-electron chi connectivity index (χ3n) is 5.38. The molecule has 18 heavy (non-hydrogen) atoms. The number of nitrogens with one attached hydrogen (secondary N) is 1. The van der Waals surface area contributed by atoms with Crippen molar-refractivity contribution in [3.8, 4) is 0 Å². The molecule has 1 saturated heterocycles. The minimum Gasteiger partial charge on any atom is -0.317 e. The van der Waals surface area contributed by atoms with Crippen molar-refractivity contribution in [2.75, 3.05) is 20.1 Å². The summed E-state index contributed by atoms with van der Waals surface area (Å²) in [5, 5.41) is 3.47. The van der Waals surface area contributed by atoms with E-state index in [4.69, 9.17) is 0 Å². The van der Waals surface area contributed by atoms with Crippen LogP contribution in [0.15, 0.2) is 0 Å². The van der Waals surface area contributed by atoms with Crippen LogP contribution in [-0.2, 0) is 0 Å². The van der Waals surface area contributed by atoms with Gasteiger partial charge in [0.2, 0.25) is 0 Å². The average molecular weight is 252 g/mol. The lowest BCUT2D eigenvalue weighted by Gasteiger charge is -2.43. The minimum atomic E-state index is 0.512. The van der Waals surface area contributed by atoms with Gasteiger partial charge in [-0.15, -0.1) is 0 Å². The Hall–Kier alpha value is -0.0800. The van der Waals surface area contributed by atoms with Crippen LogP contribution < -0.4 is 5.32 Å². The quantitative estimate of drug-likeness (QED) is 0.811. The molecule has 0 unspecified atom stereocenters. The first-order chi connectivity index (χ1) is 8.48. The first-order valence-corrected chi connectivity index (χ1v) is 7.91. The SMILES string of the molecule is CN(C1CCNCC1)C1CCC(C(C)(C)C)CC1. The van der Waals surface area contributed by atoms with Crippen LogP contribution in [0.3, 0.4) is 0 Å². The monoisotopic (exact) mass is 252 g/mol. The van der Waals surface area contributed by atoms with Gasteiger partial charge in [-0.25, -0.2) is 0 Å². The summed E-state index contributed by atoms with van der Waals surface area (Å²) in [6.07, 6.45) is 8.39. The van der Waals surface area contributed by atoms with Crippen molar-refractivity contribution in [2.24, 2.45) is 11.3 Å². The van der Waals surface area contributed by atoms with Gasteiger partial charge in [-0.3, -0.25) is 0 Å². The highest BCUT2D eigenvalue weighted by Crippen LogP contribution is 2.39. The number of rotatable bonds is 2. The zero-order chi connectivity index (χ0) is 13.2.